The Morgan fingerprint density at radius 3 is 2.29 bits per heavy atom. The van der Waals surface area contributed by atoms with Crippen LogP contribution in [0.2, 0.25) is 10.0 Å². The van der Waals surface area contributed by atoms with E-state index in [1.165, 1.54) is 22.5 Å². The smallest absolute Gasteiger partial charge is 0.255 e. The van der Waals surface area contributed by atoms with Gasteiger partial charge < -0.3 is 14.5 Å². The van der Waals surface area contributed by atoms with Gasteiger partial charge in [-0.3, -0.25) is 4.79 Å². The molecule has 2 aliphatic heterocycles. The fraction of sp³-hybridized carbons (Fsp3) is 0.381. The molecule has 0 N–H and O–H groups in total. The van der Waals surface area contributed by atoms with Crippen LogP contribution in [-0.2, 0) is 14.8 Å². The summed E-state index contributed by atoms with van der Waals surface area (Å²) >= 11 is 12.4. The number of hydrogen-bond donors (Lipinski definition) is 0. The minimum absolute atomic E-state index is 0.0692. The first kappa shape index (κ1) is 22.4. The monoisotopic (exact) mass is 483 g/mol. The summed E-state index contributed by atoms with van der Waals surface area (Å²) in [6, 6.07) is 11.9. The van der Waals surface area contributed by atoms with Gasteiger partial charge in [0.25, 0.3) is 5.91 Å². The molecule has 2 aliphatic rings. The van der Waals surface area contributed by atoms with E-state index in [0.717, 1.165) is 5.69 Å². The van der Waals surface area contributed by atoms with Crippen LogP contribution in [0.1, 0.15) is 10.4 Å². The Kier molecular flexibility index (Phi) is 6.74. The van der Waals surface area contributed by atoms with Crippen LogP contribution < -0.4 is 4.90 Å². The second kappa shape index (κ2) is 9.34. The van der Waals surface area contributed by atoms with Crippen LogP contribution in [0.25, 0.3) is 0 Å². The van der Waals surface area contributed by atoms with Crippen molar-refractivity contribution in [2.75, 3.05) is 57.4 Å². The Labute approximate surface area is 192 Å². The Balaban J connectivity index is 1.49. The van der Waals surface area contributed by atoms with Gasteiger partial charge in [-0.25, -0.2) is 8.42 Å². The Morgan fingerprint density at radius 2 is 1.61 bits per heavy atom. The van der Waals surface area contributed by atoms with Gasteiger partial charge >= 0.3 is 0 Å². The number of sulfonamides is 1. The number of nitrogens with zero attached hydrogens (tertiary/aromatic N) is 3. The molecule has 0 atom stereocenters. The number of carbonyl (C=O) groups excluding carboxylic acids is 1. The Bertz CT molecular complexity index is 1070. The van der Waals surface area contributed by atoms with Crippen LogP contribution in [0.15, 0.2) is 47.4 Å². The molecule has 0 spiro atoms. The number of piperazine rings is 1. The third-order valence-electron chi connectivity index (χ3n) is 5.52. The summed E-state index contributed by atoms with van der Waals surface area (Å²) in [6.45, 7) is 3.60. The number of amides is 1. The molecule has 4 rings (SSSR count). The van der Waals surface area contributed by atoms with Gasteiger partial charge in [0, 0.05) is 50.0 Å². The molecule has 2 aromatic rings. The molecule has 166 valence electrons. The maximum Gasteiger partial charge on any atom is 0.255 e. The van der Waals surface area contributed by atoms with Crippen molar-refractivity contribution < 1.29 is 17.9 Å². The molecule has 2 fully saturated rings. The van der Waals surface area contributed by atoms with E-state index in [1.54, 1.807) is 4.90 Å². The largest absolute Gasteiger partial charge is 0.379 e. The fourth-order valence-corrected chi connectivity index (χ4v) is 5.59. The maximum absolute atomic E-state index is 13.1. The predicted molar refractivity (Wildman–Crippen MR) is 121 cm³/mol. The summed E-state index contributed by atoms with van der Waals surface area (Å²) in [4.78, 5) is 17.1. The second-order valence-corrected chi connectivity index (χ2v) is 10.2. The lowest BCUT2D eigenvalue weighted by atomic mass is 10.1. The number of halogens is 2. The molecular weight excluding hydrogens is 461 g/mol. The molecule has 7 nitrogen and oxygen atoms in total. The summed E-state index contributed by atoms with van der Waals surface area (Å²) in [5, 5.41) is 0.907. The van der Waals surface area contributed by atoms with E-state index >= 15 is 0 Å². The van der Waals surface area contributed by atoms with Crippen LogP contribution in [0.5, 0.6) is 0 Å². The minimum Gasteiger partial charge on any atom is -0.379 e. The molecule has 0 radical (unpaired) electrons. The first-order valence-electron chi connectivity index (χ1n) is 10.0. The highest BCUT2D eigenvalue weighted by molar-refractivity contribution is 7.89. The summed E-state index contributed by atoms with van der Waals surface area (Å²) in [7, 11) is -3.71. The zero-order valence-corrected chi connectivity index (χ0v) is 19.2. The Hall–Kier alpha value is -1.84. The van der Waals surface area contributed by atoms with E-state index in [9.17, 15) is 13.2 Å². The van der Waals surface area contributed by atoms with E-state index < -0.39 is 10.0 Å². The molecule has 0 saturated carbocycles. The summed E-state index contributed by atoms with van der Waals surface area (Å²) in [5.74, 6) is -0.269. The molecule has 2 saturated heterocycles. The fourth-order valence-electron chi connectivity index (χ4n) is 3.78. The van der Waals surface area contributed by atoms with Crippen molar-refractivity contribution in [3.8, 4) is 0 Å². The van der Waals surface area contributed by atoms with E-state index in [2.05, 4.69) is 4.90 Å². The first-order chi connectivity index (χ1) is 14.9. The molecule has 0 bridgehead atoms. The van der Waals surface area contributed by atoms with Crippen LogP contribution in [0.3, 0.4) is 0 Å². The highest BCUT2D eigenvalue weighted by Crippen LogP contribution is 2.26. The molecule has 31 heavy (non-hydrogen) atoms. The van der Waals surface area contributed by atoms with Crippen molar-refractivity contribution in [3.05, 3.63) is 58.1 Å². The molecule has 0 aliphatic carbocycles. The number of ether oxygens (including phenoxy) is 1. The number of anilines is 1. The lowest BCUT2D eigenvalue weighted by molar-refractivity contribution is 0.0729. The number of carbonyl (C=O) groups is 1. The highest BCUT2D eigenvalue weighted by atomic mass is 35.5. The number of hydrogen-bond acceptors (Lipinski definition) is 5. The van der Waals surface area contributed by atoms with Gasteiger partial charge in [-0.2, -0.15) is 4.31 Å². The number of morpholine rings is 1. The quantitative estimate of drug-likeness (QED) is 0.668. The van der Waals surface area contributed by atoms with E-state index in [-0.39, 0.29) is 21.4 Å². The van der Waals surface area contributed by atoms with Gasteiger partial charge in [0.15, 0.2) is 0 Å². The predicted octanol–water partition coefficient (Wildman–Crippen LogP) is 2.98. The molecule has 10 heteroatoms. The maximum atomic E-state index is 13.1. The van der Waals surface area contributed by atoms with Crippen LogP contribution in [0.4, 0.5) is 5.69 Å². The van der Waals surface area contributed by atoms with Crippen LogP contribution in [0, 0.1) is 0 Å². The average Bonchev–Trinajstić information content (AvgIpc) is 2.79. The van der Waals surface area contributed by atoms with Crippen LogP contribution in [-0.4, -0.2) is 76.0 Å². The van der Waals surface area contributed by atoms with Crippen molar-refractivity contribution >= 4 is 44.8 Å². The average molecular weight is 484 g/mol. The second-order valence-electron chi connectivity index (χ2n) is 7.42. The zero-order chi connectivity index (χ0) is 22.0. The van der Waals surface area contributed by atoms with Crippen molar-refractivity contribution in [1.82, 2.24) is 9.21 Å². The number of benzene rings is 2. The van der Waals surface area contributed by atoms with Gasteiger partial charge in [0.05, 0.1) is 28.7 Å². The van der Waals surface area contributed by atoms with Crippen molar-refractivity contribution in [2.45, 2.75) is 4.90 Å². The first-order valence-corrected chi connectivity index (χ1v) is 12.2. The van der Waals surface area contributed by atoms with Gasteiger partial charge in [-0.15, -0.1) is 0 Å². The van der Waals surface area contributed by atoms with Crippen molar-refractivity contribution in [2.24, 2.45) is 0 Å². The van der Waals surface area contributed by atoms with Gasteiger partial charge in [-0.1, -0.05) is 29.3 Å². The minimum atomic E-state index is -3.71. The number of rotatable bonds is 4. The molecule has 2 aromatic carbocycles. The zero-order valence-electron chi connectivity index (χ0n) is 16.8. The SMILES string of the molecule is O=C(c1cc(S(=O)(=O)N2CCOCC2)ccc1Cl)N1CCN(c2cccc(Cl)c2)CC1. The van der Waals surface area contributed by atoms with Crippen molar-refractivity contribution in [3.63, 3.8) is 0 Å². The molecule has 1 amide bonds. The lowest BCUT2D eigenvalue weighted by Crippen LogP contribution is -2.49. The normalized spacial score (nSPS) is 18.3. The van der Waals surface area contributed by atoms with Gasteiger partial charge in [-0.05, 0) is 36.4 Å². The third kappa shape index (κ3) is 4.83. The van der Waals surface area contributed by atoms with E-state index in [0.29, 0.717) is 57.5 Å². The molecular formula is C21H23Cl2N3O4S. The van der Waals surface area contributed by atoms with Gasteiger partial charge in [0.1, 0.15) is 0 Å². The van der Waals surface area contributed by atoms with Gasteiger partial charge in [0.2, 0.25) is 10.0 Å². The van der Waals surface area contributed by atoms with E-state index in [1.807, 2.05) is 24.3 Å². The third-order valence-corrected chi connectivity index (χ3v) is 7.98. The standard InChI is InChI=1S/C21H23Cl2N3O4S/c22-16-2-1-3-17(14-16)24-6-8-25(9-7-24)21(27)19-15-18(4-5-20(19)23)31(28,29)26-10-12-30-13-11-26/h1-5,14-15H,6-13H2. The molecule has 0 unspecified atom stereocenters. The van der Waals surface area contributed by atoms with Crippen LogP contribution >= 0.6 is 23.2 Å². The topological polar surface area (TPSA) is 70.2 Å². The summed E-state index contributed by atoms with van der Waals surface area (Å²) in [5.41, 5.74) is 1.21. The highest BCUT2D eigenvalue weighted by Gasteiger charge is 2.29. The van der Waals surface area contributed by atoms with E-state index in [4.69, 9.17) is 27.9 Å². The Morgan fingerprint density at radius 1 is 0.903 bits per heavy atom. The van der Waals surface area contributed by atoms with Crippen molar-refractivity contribution in [1.29, 1.82) is 0 Å². The molecule has 0 aromatic heterocycles. The lowest BCUT2D eigenvalue weighted by Gasteiger charge is -2.36. The molecule has 2 heterocycles. The summed E-state index contributed by atoms with van der Waals surface area (Å²) < 4.78 is 32.5. The summed E-state index contributed by atoms with van der Waals surface area (Å²) in [6.07, 6.45) is 0.